The van der Waals surface area contributed by atoms with Crippen molar-refractivity contribution < 1.29 is 9.53 Å². The summed E-state index contributed by atoms with van der Waals surface area (Å²) in [5, 5.41) is 0. The zero-order valence-electron chi connectivity index (χ0n) is 9.19. The van der Waals surface area contributed by atoms with E-state index in [9.17, 15) is 4.79 Å². The third-order valence-electron chi connectivity index (χ3n) is 2.11. The van der Waals surface area contributed by atoms with E-state index in [4.69, 9.17) is 0 Å². The summed E-state index contributed by atoms with van der Waals surface area (Å²) in [6, 6.07) is 8.33. The van der Waals surface area contributed by atoms with Crippen molar-refractivity contribution in [1.82, 2.24) is 0 Å². The predicted octanol–water partition coefficient (Wildman–Crippen LogP) is 2.66. The number of hydrogen-bond donors (Lipinski definition) is 0. The van der Waals surface area contributed by atoms with Gasteiger partial charge in [-0.1, -0.05) is 42.0 Å². The highest BCUT2D eigenvalue weighted by Gasteiger charge is 1.94. The molecule has 0 radical (unpaired) electrons. The van der Waals surface area contributed by atoms with Crippen molar-refractivity contribution in [3.05, 3.63) is 47.5 Å². The first kappa shape index (κ1) is 11.5. The van der Waals surface area contributed by atoms with Crippen LogP contribution in [0.2, 0.25) is 0 Å². The molecule has 1 aromatic rings. The molecule has 0 saturated heterocycles. The van der Waals surface area contributed by atoms with E-state index in [0.29, 0.717) is 6.42 Å². The molecule has 1 aromatic carbocycles. The minimum Gasteiger partial charge on any atom is -0.469 e. The van der Waals surface area contributed by atoms with Crippen LogP contribution in [0.25, 0.3) is 0 Å². The maximum absolute atomic E-state index is 10.8. The van der Waals surface area contributed by atoms with Crippen molar-refractivity contribution in [3.63, 3.8) is 0 Å². The summed E-state index contributed by atoms with van der Waals surface area (Å²) >= 11 is 0. The van der Waals surface area contributed by atoms with Gasteiger partial charge in [0.05, 0.1) is 13.5 Å². The van der Waals surface area contributed by atoms with Gasteiger partial charge in [0.25, 0.3) is 0 Å². The second kappa shape index (κ2) is 6.02. The van der Waals surface area contributed by atoms with E-state index in [1.54, 1.807) is 0 Å². The van der Waals surface area contributed by atoms with Crippen LogP contribution in [0, 0.1) is 6.92 Å². The maximum atomic E-state index is 10.8. The third-order valence-corrected chi connectivity index (χ3v) is 2.11. The van der Waals surface area contributed by atoms with Crippen LogP contribution in [0.1, 0.15) is 17.5 Å². The number of carbonyl (C=O) groups is 1. The van der Waals surface area contributed by atoms with Gasteiger partial charge in [0.2, 0.25) is 0 Å². The Kier molecular flexibility index (Phi) is 4.61. The number of aryl methyl sites for hydroxylation is 1. The van der Waals surface area contributed by atoms with Crippen molar-refractivity contribution >= 4 is 5.97 Å². The van der Waals surface area contributed by atoms with Crippen molar-refractivity contribution in [1.29, 1.82) is 0 Å². The average molecular weight is 204 g/mol. The van der Waals surface area contributed by atoms with Crippen molar-refractivity contribution in [2.75, 3.05) is 7.11 Å². The lowest BCUT2D eigenvalue weighted by Gasteiger charge is -1.97. The van der Waals surface area contributed by atoms with E-state index in [1.165, 1.54) is 18.2 Å². The Hall–Kier alpha value is -1.57. The molecular formula is C13H16O2. The lowest BCUT2D eigenvalue weighted by atomic mass is 10.1. The Bertz CT molecular complexity index is 353. The molecule has 0 heterocycles. The molecule has 0 fully saturated rings. The number of hydrogen-bond acceptors (Lipinski definition) is 2. The normalized spacial score (nSPS) is 10.5. The molecule has 0 aliphatic carbocycles. The van der Waals surface area contributed by atoms with E-state index in [1.807, 2.05) is 18.2 Å². The molecule has 15 heavy (non-hydrogen) atoms. The van der Waals surface area contributed by atoms with Crippen LogP contribution in [0.15, 0.2) is 36.4 Å². The zero-order chi connectivity index (χ0) is 11.1. The highest BCUT2D eigenvalue weighted by molar-refractivity contribution is 5.70. The molecule has 0 aromatic heterocycles. The van der Waals surface area contributed by atoms with Crippen LogP contribution >= 0.6 is 0 Å². The lowest BCUT2D eigenvalue weighted by Crippen LogP contribution is -1.96. The first-order valence-electron chi connectivity index (χ1n) is 4.99. The van der Waals surface area contributed by atoms with E-state index in [-0.39, 0.29) is 5.97 Å². The highest BCUT2D eigenvalue weighted by Crippen LogP contribution is 2.05. The van der Waals surface area contributed by atoms with Gasteiger partial charge in [-0.2, -0.15) is 0 Å². The van der Waals surface area contributed by atoms with Gasteiger partial charge in [0.1, 0.15) is 0 Å². The molecule has 0 atom stereocenters. The molecule has 0 amide bonds. The first-order chi connectivity index (χ1) is 7.22. The fourth-order valence-corrected chi connectivity index (χ4v) is 1.32. The van der Waals surface area contributed by atoms with Crippen molar-refractivity contribution in [2.45, 2.75) is 19.8 Å². The number of carbonyl (C=O) groups excluding carboxylic acids is 1. The first-order valence-corrected chi connectivity index (χ1v) is 4.99. The smallest absolute Gasteiger partial charge is 0.309 e. The van der Waals surface area contributed by atoms with E-state index in [2.05, 4.69) is 29.9 Å². The maximum Gasteiger partial charge on any atom is 0.309 e. The summed E-state index contributed by atoms with van der Waals surface area (Å²) in [7, 11) is 1.40. The van der Waals surface area contributed by atoms with Gasteiger partial charge >= 0.3 is 5.97 Å². The zero-order valence-corrected chi connectivity index (χ0v) is 9.19. The van der Waals surface area contributed by atoms with Crippen LogP contribution in [-0.2, 0) is 16.0 Å². The Morgan fingerprint density at radius 2 is 2.20 bits per heavy atom. The minimum atomic E-state index is -0.199. The molecule has 1 rings (SSSR count). The highest BCUT2D eigenvalue weighted by atomic mass is 16.5. The standard InChI is InChI=1S/C13H16O2/c1-11-6-5-8-12(10-11)7-3-4-9-13(14)15-2/h3-6,8,10H,7,9H2,1-2H3/b4-3-. The quantitative estimate of drug-likeness (QED) is 0.556. The van der Waals surface area contributed by atoms with Gasteiger partial charge in [0, 0.05) is 0 Å². The second-order valence-corrected chi connectivity index (χ2v) is 3.44. The van der Waals surface area contributed by atoms with Gasteiger partial charge in [0.15, 0.2) is 0 Å². The van der Waals surface area contributed by atoms with Crippen molar-refractivity contribution in [3.8, 4) is 0 Å². The van der Waals surface area contributed by atoms with Gasteiger partial charge in [-0.25, -0.2) is 0 Å². The number of allylic oxidation sites excluding steroid dienone is 1. The minimum absolute atomic E-state index is 0.199. The Morgan fingerprint density at radius 1 is 1.40 bits per heavy atom. The Balaban J connectivity index is 2.40. The molecule has 80 valence electrons. The molecule has 0 aliphatic rings. The molecule has 0 unspecified atom stereocenters. The van der Waals surface area contributed by atoms with Crippen LogP contribution in [0.3, 0.4) is 0 Å². The molecular weight excluding hydrogens is 188 g/mol. The van der Waals surface area contributed by atoms with Gasteiger partial charge in [-0.15, -0.1) is 0 Å². The fraction of sp³-hybridized carbons (Fsp3) is 0.308. The fourth-order valence-electron chi connectivity index (χ4n) is 1.32. The molecule has 2 heteroatoms. The Morgan fingerprint density at radius 3 is 2.87 bits per heavy atom. The monoisotopic (exact) mass is 204 g/mol. The summed E-state index contributed by atoms with van der Waals surface area (Å²) in [4.78, 5) is 10.8. The lowest BCUT2D eigenvalue weighted by molar-refractivity contribution is -0.139. The summed E-state index contributed by atoms with van der Waals surface area (Å²) in [6.07, 6.45) is 5.04. The third kappa shape index (κ3) is 4.45. The van der Waals surface area contributed by atoms with Gasteiger partial charge in [-0.05, 0) is 18.9 Å². The topological polar surface area (TPSA) is 26.3 Å². The number of esters is 1. The summed E-state index contributed by atoms with van der Waals surface area (Å²) in [6.45, 7) is 2.07. The average Bonchev–Trinajstić information content (AvgIpc) is 2.24. The van der Waals surface area contributed by atoms with Crippen LogP contribution in [0.5, 0.6) is 0 Å². The molecule has 0 N–H and O–H groups in total. The van der Waals surface area contributed by atoms with Crippen LogP contribution < -0.4 is 0 Å². The van der Waals surface area contributed by atoms with Gasteiger partial charge in [-0.3, -0.25) is 4.79 Å². The molecule has 0 aliphatic heterocycles. The molecule has 0 spiro atoms. The predicted molar refractivity (Wildman–Crippen MR) is 60.7 cm³/mol. The SMILES string of the molecule is COC(=O)C/C=C\Cc1cccc(C)c1. The second-order valence-electron chi connectivity index (χ2n) is 3.44. The summed E-state index contributed by atoms with van der Waals surface area (Å²) in [5.74, 6) is -0.199. The summed E-state index contributed by atoms with van der Waals surface area (Å²) < 4.78 is 4.53. The number of rotatable bonds is 4. The summed E-state index contributed by atoms with van der Waals surface area (Å²) in [5.41, 5.74) is 2.52. The number of methoxy groups -OCH3 is 1. The molecule has 2 nitrogen and oxygen atoms in total. The van der Waals surface area contributed by atoms with Crippen LogP contribution in [0.4, 0.5) is 0 Å². The number of ether oxygens (including phenoxy) is 1. The molecule has 0 bridgehead atoms. The Labute approximate surface area is 90.6 Å². The van der Waals surface area contributed by atoms with Gasteiger partial charge < -0.3 is 4.74 Å². The van der Waals surface area contributed by atoms with Crippen LogP contribution in [-0.4, -0.2) is 13.1 Å². The van der Waals surface area contributed by atoms with E-state index in [0.717, 1.165) is 6.42 Å². The largest absolute Gasteiger partial charge is 0.469 e. The van der Waals surface area contributed by atoms with E-state index < -0.39 is 0 Å². The van der Waals surface area contributed by atoms with E-state index >= 15 is 0 Å². The molecule has 0 saturated carbocycles. The van der Waals surface area contributed by atoms with Crippen molar-refractivity contribution in [2.24, 2.45) is 0 Å². The number of benzene rings is 1.